The number of fused-ring (bicyclic) bond motifs is 1. The van der Waals surface area contributed by atoms with Gasteiger partial charge in [0.1, 0.15) is 5.82 Å². The number of para-hydroxylation sites is 1. The van der Waals surface area contributed by atoms with Crippen molar-refractivity contribution < 1.29 is 4.79 Å². The van der Waals surface area contributed by atoms with E-state index in [4.69, 9.17) is 0 Å². The van der Waals surface area contributed by atoms with Gasteiger partial charge in [0, 0.05) is 38.3 Å². The van der Waals surface area contributed by atoms with Gasteiger partial charge in [-0.1, -0.05) is 42.5 Å². The Kier molecular flexibility index (Phi) is 5.75. The summed E-state index contributed by atoms with van der Waals surface area (Å²) in [4.78, 5) is 34.9. The van der Waals surface area contributed by atoms with Gasteiger partial charge in [0.05, 0.1) is 16.6 Å². The highest BCUT2D eigenvalue weighted by Gasteiger charge is 2.22. The van der Waals surface area contributed by atoms with E-state index >= 15 is 0 Å². The number of hydrogen-bond acceptors (Lipinski definition) is 4. The van der Waals surface area contributed by atoms with Crippen LogP contribution < -0.4 is 5.56 Å². The largest absolute Gasteiger partial charge is 0.336 e. The second-order valence-electron chi connectivity index (χ2n) is 8.42. The summed E-state index contributed by atoms with van der Waals surface area (Å²) >= 11 is 0. The molecule has 166 valence electrons. The fourth-order valence-electron chi connectivity index (χ4n) is 4.43. The fourth-order valence-corrected chi connectivity index (χ4v) is 4.43. The van der Waals surface area contributed by atoms with Gasteiger partial charge in [-0.25, -0.2) is 4.98 Å². The average Bonchev–Trinajstić information content (AvgIpc) is 2.85. The molecule has 0 aliphatic carbocycles. The van der Waals surface area contributed by atoms with Crippen LogP contribution in [0.3, 0.4) is 0 Å². The van der Waals surface area contributed by atoms with E-state index in [-0.39, 0.29) is 11.5 Å². The molecule has 1 aromatic heterocycles. The third-order valence-electron chi connectivity index (χ3n) is 6.22. The second kappa shape index (κ2) is 9.00. The molecule has 1 saturated heterocycles. The molecule has 0 spiro atoms. The molecule has 33 heavy (non-hydrogen) atoms. The van der Waals surface area contributed by atoms with E-state index in [0.717, 1.165) is 19.6 Å². The third-order valence-corrected chi connectivity index (χ3v) is 6.22. The molecule has 0 atom stereocenters. The van der Waals surface area contributed by atoms with Crippen LogP contribution in [0.4, 0.5) is 0 Å². The summed E-state index contributed by atoms with van der Waals surface area (Å²) in [6, 6.07) is 25.0. The molecule has 0 saturated carbocycles. The standard InChI is InChI=1S/C27H26N4O2/c1-20-28-25-10-6-5-9-24(25)27(33)31(20)23-13-11-22(12-14-23)26(32)30-17-15-29(16-18-30)19-21-7-3-2-4-8-21/h2-14H,15-19H2,1H3. The molecule has 4 aromatic rings. The summed E-state index contributed by atoms with van der Waals surface area (Å²) < 4.78 is 1.60. The number of carbonyl (C=O) groups excluding carboxylic acids is 1. The summed E-state index contributed by atoms with van der Waals surface area (Å²) in [6.45, 7) is 5.86. The summed E-state index contributed by atoms with van der Waals surface area (Å²) in [5.74, 6) is 0.647. The number of amides is 1. The van der Waals surface area contributed by atoms with Crippen molar-refractivity contribution in [2.75, 3.05) is 26.2 Å². The predicted octanol–water partition coefficient (Wildman–Crippen LogP) is 3.65. The van der Waals surface area contributed by atoms with Crippen LogP contribution in [0, 0.1) is 6.92 Å². The lowest BCUT2D eigenvalue weighted by Gasteiger charge is -2.34. The molecule has 3 aromatic carbocycles. The molecule has 6 nitrogen and oxygen atoms in total. The van der Waals surface area contributed by atoms with Crippen molar-refractivity contribution in [3.63, 3.8) is 0 Å². The van der Waals surface area contributed by atoms with Gasteiger partial charge in [-0.05, 0) is 48.9 Å². The van der Waals surface area contributed by atoms with Gasteiger partial charge in [0.15, 0.2) is 0 Å². The van der Waals surface area contributed by atoms with Crippen LogP contribution in [0.2, 0.25) is 0 Å². The van der Waals surface area contributed by atoms with E-state index in [1.807, 2.05) is 48.2 Å². The first-order chi connectivity index (χ1) is 16.1. The maximum atomic E-state index is 13.0. The normalized spacial score (nSPS) is 14.5. The maximum absolute atomic E-state index is 13.0. The van der Waals surface area contributed by atoms with E-state index in [1.54, 1.807) is 22.8 Å². The van der Waals surface area contributed by atoms with Crippen molar-refractivity contribution in [3.05, 3.63) is 106 Å². The molecule has 0 radical (unpaired) electrons. The maximum Gasteiger partial charge on any atom is 0.265 e. The van der Waals surface area contributed by atoms with E-state index in [1.165, 1.54) is 5.56 Å². The molecule has 1 fully saturated rings. The van der Waals surface area contributed by atoms with Crippen LogP contribution in [-0.2, 0) is 6.54 Å². The Balaban J connectivity index is 1.29. The number of hydrogen-bond donors (Lipinski definition) is 0. The first-order valence-electron chi connectivity index (χ1n) is 11.2. The van der Waals surface area contributed by atoms with Crippen LogP contribution in [-0.4, -0.2) is 51.4 Å². The van der Waals surface area contributed by atoms with E-state index in [9.17, 15) is 9.59 Å². The Morgan fingerprint density at radius 2 is 1.52 bits per heavy atom. The van der Waals surface area contributed by atoms with E-state index in [0.29, 0.717) is 41.1 Å². The summed E-state index contributed by atoms with van der Waals surface area (Å²) in [7, 11) is 0. The summed E-state index contributed by atoms with van der Waals surface area (Å²) in [5, 5.41) is 0.580. The van der Waals surface area contributed by atoms with Gasteiger partial charge in [0.25, 0.3) is 11.5 Å². The van der Waals surface area contributed by atoms with Gasteiger partial charge < -0.3 is 4.90 Å². The van der Waals surface area contributed by atoms with Gasteiger partial charge in [-0.2, -0.15) is 0 Å². The Morgan fingerprint density at radius 1 is 0.848 bits per heavy atom. The first kappa shape index (κ1) is 21.1. The number of nitrogens with zero attached hydrogens (tertiary/aromatic N) is 4. The van der Waals surface area contributed by atoms with Crippen molar-refractivity contribution in [1.29, 1.82) is 0 Å². The molecule has 0 bridgehead atoms. The zero-order valence-electron chi connectivity index (χ0n) is 18.6. The van der Waals surface area contributed by atoms with Crippen molar-refractivity contribution >= 4 is 16.8 Å². The molecule has 2 heterocycles. The molecule has 1 amide bonds. The lowest BCUT2D eigenvalue weighted by molar-refractivity contribution is 0.0628. The number of aryl methyl sites for hydroxylation is 1. The number of aromatic nitrogens is 2. The topological polar surface area (TPSA) is 58.4 Å². The van der Waals surface area contributed by atoms with Crippen LogP contribution in [0.5, 0.6) is 0 Å². The smallest absolute Gasteiger partial charge is 0.265 e. The number of piperazine rings is 1. The van der Waals surface area contributed by atoms with Crippen molar-refractivity contribution in [2.45, 2.75) is 13.5 Å². The Labute approximate surface area is 192 Å². The van der Waals surface area contributed by atoms with Crippen LogP contribution >= 0.6 is 0 Å². The molecule has 1 aliphatic rings. The molecular formula is C27H26N4O2. The van der Waals surface area contributed by atoms with E-state index < -0.39 is 0 Å². The lowest BCUT2D eigenvalue weighted by Crippen LogP contribution is -2.48. The minimum Gasteiger partial charge on any atom is -0.336 e. The first-order valence-corrected chi connectivity index (χ1v) is 11.2. The highest BCUT2D eigenvalue weighted by Crippen LogP contribution is 2.16. The Morgan fingerprint density at radius 3 is 2.24 bits per heavy atom. The highest BCUT2D eigenvalue weighted by molar-refractivity contribution is 5.94. The van der Waals surface area contributed by atoms with Crippen molar-refractivity contribution in [3.8, 4) is 5.69 Å². The highest BCUT2D eigenvalue weighted by atomic mass is 16.2. The second-order valence-corrected chi connectivity index (χ2v) is 8.42. The zero-order valence-corrected chi connectivity index (χ0v) is 18.6. The van der Waals surface area contributed by atoms with Crippen LogP contribution in [0.15, 0.2) is 83.7 Å². The Hall–Kier alpha value is -3.77. The van der Waals surface area contributed by atoms with Crippen LogP contribution in [0.1, 0.15) is 21.7 Å². The fraction of sp³-hybridized carbons (Fsp3) is 0.222. The minimum atomic E-state index is -0.105. The summed E-state index contributed by atoms with van der Waals surface area (Å²) in [5.41, 5.74) is 3.22. The van der Waals surface area contributed by atoms with Gasteiger partial charge in [0.2, 0.25) is 0 Å². The number of carbonyl (C=O) groups is 1. The third kappa shape index (κ3) is 4.30. The average molecular weight is 439 g/mol. The molecule has 1 aliphatic heterocycles. The SMILES string of the molecule is Cc1nc2ccccc2c(=O)n1-c1ccc(C(=O)N2CCN(Cc3ccccc3)CC2)cc1. The predicted molar refractivity (Wildman–Crippen MR) is 130 cm³/mol. The van der Waals surface area contributed by atoms with Crippen LogP contribution in [0.25, 0.3) is 16.6 Å². The number of rotatable bonds is 4. The van der Waals surface area contributed by atoms with Gasteiger partial charge in [-0.3, -0.25) is 19.1 Å². The quantitative estimate of drug-likeness (QED) is 0.488. The van der Waals surface area contributed by atoms with Gasteiger partial charge in [-0.15, -0.1) is 0 Å². The number of benzene rings is 3. The van der Waals surface area contributed by atoms with E-state index in [2.05, 4.69) is 34.1 Å². The summed E-state index contributed by atoms with van der Waals surface area (Å²) in [6.07, 6.45) is 0. The molecular weight excluding hydrogens is 412 g/mol. The molecule has 6 heteroatoms. The minimum absolute atomic E-state index is 0.0293. The molecule has 5 rings (SSSR count). The molecule has 0 N–H and O–H groups in total. The lowest BCUT2D eigenvalue weighted by atomic mass is 10.1. The van der Waals surface area contributed by atoms with Gasteiger partial charge >= 0.3 is 0 Å². The Bertz CT molecular complexity index is 1340. The van der Waals surface area contributed by atoms with Crippen molar-refractivity contribution in [2.24, 2.45) is 0 Å². The monoisotopic (exact) mass is 438 g/mol. The zero-order chi connectivity index (χ0) is 22.8. The molecule has 0 unspecified atom stereocenters. The van der Waals surface area contributed by atoms with Crippen molar-refractivity contribution in [1.82, 2.24) is 19.4 Å².